The average Bonchev–Trinajstić information content (AvgIpc) is 2.74. The predicted molar refractivity (Wildman–Crippen MR) is 113 cm³/mol. The maximum absolute atomic E-state index is 11.9. The van der Waals surface area contributed by atoms with Crippen LogP contribution in [0.1, 0.15) is 27.7 Å². The van der Waals surface area contributed by atoms with Crippen molar-refractivity contribution in [1.29, 1.82) is 0 Å². The third-order valence-corrected chi connectivity index (χ3v) is 5.69. The van der Waals surface area contributed by atoms with Gasteiger partial charge in [0.1, 0.15) is 36.5 Å². The van der Waals surface area contributed by atoms with Gasteiger partial charge in [-0.15, -0.1) is 0 Å². The SMILES string of the molecule is CO[C@H]1C(C)O[C@@H](O[C@@H]2C(NC(C)=O)[C@H](OC[C@H](O)CO)OC(C)[C@@H]2N)C(NC(C)=O)[C@H]1O. The van der Waals surface area contributed by atoms with Crippen LogP contribution in [-0.2, 0) is 33.3 Å². The predicted octanol–water partition coefficient (Wildman–Crippen LogP) is -3.06. The summed E-state index contributed by atoms with van der Waals surface area (Å²) in [6, 6.07) is -2.66. The van der Waals surface area contributed by atoms with Crippen molar-refractivity contribution in [2.45, 2.75) is 95.0 Å². The fourth-order valence-corrected chi connectivity index (χ4v) is 4.02. The molecular weight excluding hydrogens is 442 g/mol. The molecule has 2 rings (SSSR count). The minimum absolute atomic E-state index is 0.258. The molecule has 0 spiro atoms. The van der Waals surface area contributed by atoms with E-state index in [-0.39, 0.29) is 6.61 Å². The van der Waals surface area contributed by atoms with E-state index in [1.165, 1.54) is 21.0 Å². The van der Waals surface area contributed by atoms with Gasteiger partial charge in [0.25, 0.3) is 0 Å². The first-order valence-corrected chi connectivity index (χ1v) is 10.9. The van der Waals surface area contributed by atoms with Crippen LogP contribution in [0.25, 0.3) is 0 Å². The van der Waals surface area contributed by atoms with Crippen LogP contribution in [0.15, 0.2) is 0 Å². The molecule has 2 amide bonds. The van der Waals surface area contributed by atoms with E-state index >= 15 is 0 Å². The highest BCUT2D eigenvalue weighted by atomic mass is 16.7. The van der Waals surface area contributed by atoms with Crippen LogP contribution in [0, 0.1) is 0 Å². The van der Waals surface area contributed by atoms with Gasteiger partial charge in [-0.25, -0.2) is 0 Å². The van der Waals surface area contributed by atoms with Crippen molar-refractivity contribution in [3.05, 3.63) is 0 Å². The van der Waals surface area contributed by atoms with Gasteiger partial charge < -0.3 is 55.4 Å². The Balaban J connectivity index is 2.31. The highest BCUT2D eigenvalue weighted by Crippen LogP contribution is 2.29. The van der Waals surface area contributed by atoms with Crippen LogP contribution in [0.4, 0.5) is 0 Å². The number of aliphatic hydroxyl groups excluding tert-OH is 3. The lowest BCUT2D eigenvalue weighted by molar-refractivity contribution is -0.308. The molecule has 2 aliphatic heterocycles. The van der Waals surface area contributed by atoms with Crippen molar-refractivity contribution in [2.24, 2.45) is 5.73 Å². The lowest BCUT2D eigenvalue weighted by Gasteiger charge is -2.48. The number of rotatable bonds is 9. The smallest absolute Gasteiger partial charge is 0.217 e. The second-order valence-electron chi connectivity index (χ2n) is 8.41. The normalized spacial score (nSPS) is 40.2. The summed E-state index contributed by atoms with van der Waals surface area (Å²) in [7, 11) is 1.42. The van der Waals surface area contributed by atoms with Crippen LogP contribution < -0.4 is 16.4 Å². The Morgan fingerprint density at radius 1 is 1.03 bits per heavy atom. The fourth-order valence-electron chi connectivity index (χ4n) is 4.02. The summed E-state index contributed by atoms with van der Waals surface area (Å²) in [5.41, 5.74) is 6.34. The lowest BCUT2D eigenvalue weighted by Crippen LogP contribution is -2.70. The highest BCUT2D eigenvalue weighted by Gasteiger charge is 2.50. The molecule has 13 nitrogen and oxygen atoms in total. The second kappa shape index (κ2) is 12.3. The lowest BCUT2D eigenvalue weighted by atomic mass is 9.93. The molecule has 13 heteroatoms. The quantitative estimate of drug-likeness (QED) is 0.197. The molecule has 2 aliphatic rings. The van der Waals surface area contributed by atoms with Crippen LogP contribution in [0.3, 0.4) is 0 Å². The standard InChI is InChI=1S/C20H37N3O10/c1-8-13(21)18(15(23-11(4)26)19(31-8)30-7-12(27)6-24)33-20-14(22-10(3)25)16(28)17(29-5)9(2)32-20/h8-9,12-20,24,27-28H,6-7,21H2,1-5H3,(H,22,25)(H,23,26)/t8?,9?,12-,13+,14?,15?,16-,17+,18+,19-,20+/m1/s1. The van der Waals surface area contributed by atoms with E-state index in [1.54, 1.807) is 13.8 Å². The van der Waals surface area contributed by atoms with Crippen LogP contribution in [0.5, 0.6) is 0 Å². The van der Waals surface area contributed by atoms with Gasteiger partial charge in [0.05, 0.1) is 31.5 Å². The molecule has 0 aromatic heterocycles. The molecule has 4 unspecified atom stereocenters. The number of hydrogen-bond acceptors (Lipinski definition) is 11. The summed E-state index contributed by atoms with van der Waals surface area (Å²) >= 11 is 0. The highest BCUT2D eigenvalue weighted by molar-refractivity contribution is 5.73. The summed E-state index contributed by atoms with van der Waals surface area (Å²) in [6.07, 6.45) is -7.30. The van der Waals surface area contributed by atoms with Gasteiger partial charge in [-0.1, -0.05) is 0 Å². The van der Waals surface area contributed by atoms with E-state index in [1.807, 2.05) is 0 Å². The minimum Gasteiger partial charge on any atom is -0.394 e. The molecule has 2 saturated heterocycles. The minimum atomic E-state index is -1.15. The van der Waals surface area contributed by atoms with Crippen LogP contribution in [-0.4, -0.2) is 115 Å². The molecule has 11 atom stereocenters. The van der Waals surface area contributed by atoms with Gasteiger partial charge in [0.15, 0.2) is 12.6 Å². The Morgan fingerprint density at radius 3 is 2.15 bits per heavy atom. The Kier molecular flexibility index (Phi) is 10.4. The number of ether oxygens (including phenoxy) is 5. The summed E-state index contributed by atoms with van der Waals surface area (Å²) < 4.78 is 28.8. The maximum atomic E-state index is 11.9. The van der Waals surface area contributed by atoms with E-state index in [0.717, 1.165) is 0 Å². The number of amides is 2. The summed E-state index contributed by atoms with van der Waals surface area (Å²) in [6.45, 7) is 5.20. The molecule has 33 heavy (non-hydrogen) atoms. The van der Waals surface area contributed by atoms with Gasteiger partial charge in [-0.05, 0) is 13.8 Å². The number of nitrogens with two attached hydrogens (primary N) is 1. The van der Waals surface area contributed by atoms with E-state index in [4.69, 9.17) is 34.5 Å². The molecule has 0 aromatic carbocycles. The number of aliphatic hydroxyl groups is 3. The first kappa shape index (κ1) is 27.8. The van der Waals surface area contributed by atoms with Crippen molar-refractivity contribution >= 4 is 11.8 Å². The molecule has 0 aromatic rings. The monoisotopic (exact) mass is 479 g/mol. The molecule has 192 valence electrons. The Labute approximate surface area is 192 Å². The van der Waals surface area contributed by atoms with Gasteiger partial charge in [-0.3, -0.25) is 9.59 Å². The number of methoxy groups -OCH3 is 1. The summed E-state index contributed by atoms with van der Waals surface area (Å²) in [5, 5.41) is 34.8. The fraction of sp³-hybridized carbons (Fsp3) is 0.900. The van der Waals surface area contributed by atoms with Gasteiger partial charge in [0.2, 0.25) is 11.8 Å². The molecule has 2 fully saturated rings. The Hall–Kier alpha value is -1.42. The molecule has 0 saturated carbocycles. The zero-order valence-corrected chi connectivity index (χ0v) is 19.5. The van der Waals surface area contributed by atoms with Crippen molar-refractivity contribution in [2.75, 3.05) is 20.3 Å². The summed E-state index contributed by atoms with van der Waals surface area (Å²) in [4.78, 5) is 23.7. The third-order valence-electron chi connectivity index (χ3n) is 5.69. The largest absolute Gasteiger partial charge is 0.394 e. The van der Waals surface area contributed by atoms with Gasteiger partial charge >= 0.3 is 0 Å². The first-order valence-electron chi connectivity index (χ1n) is 10.9. The number of carbonyl (C=O) groups is 2. The molecule has 0 aliphatic carbocycles. The number of nitrogens with one attached hydrogen (secondary N) is 2. The zero-order chi connectivity index (χ0) is 24.9. The van der Waals surface area contributed by atoms with E-state index in [0.29, 0.717) is 0 Å². The molecule has 7 N–H and O–H groups in total. The molecular formula is C20H37N3O10. The number of hydrogen-bond donors (Lipinski definition) is 6. The van der Waals surface area contributed by atoms with E-state index in [9.17, 15) is 19.8 Å². The second-order valence-corrected chi connectivity index (χ2v) is 8.41. The third kappa shape index (κ3) is 7.04. The molecule has 2 heterocycles. The van der Waals surface area contributed by atoms with Crippen molar-refractivity contribution < 1.29 is 48.6 Å². The van der Waals surface area contributed by atoms with Crippen molar-refractivity contribution in [1.82, 2.24) is 10.6 Å². The topological polar surface area (TPSA) is 191 Å². The first-order chi connectivity index (χ1) is 15.5. The average molecular weight is 480 g/mol. The van der Waals surface area contributed by atoms with Crippen LogP contribution >= 0.6 is 0 Å². The van der Waals surface area contributed by atoms with Crippen molar-refractivity contribution in [3.8, 4) is 0 Å². The van der Waals surface area contributed by atoms with E-state index < -0.39 is 85.8 Å². The molecule has 0 radical (unpaired) electrons. The number of carbonyl (C=O) groups excluding carboxylic acids is 2. The summed E-state index contributed by atoms with van der Waals surface area (Å²) in [5.74, 6) is -0.825. The Bertz CT molecular complexity index is 656. The van der Waals surface area contributed by atoms with Crippen molar-refractivity contribution in [3.63, 3.8) is 0 Å². The van der Waals surface area contributed by atoms with Gasteiger partial charge in [0, 0.05) is 21.0 Å². The molecule has 0 bridgehead atoms. The van der Waals surface area contributed by atoms with Gasteiger partial charge in [-0.2, -0.15) is 0 Å². The Morgan fingerprint density at radius 2 is 1.61 bits per heavy atom. The zero-order valence-electron chi connectivity index (χ0n) is 19.5. The maximum Gasteiger partial charge on any atom is 0.217 e. The van der Waals surface area contributed by atoms with E-state index in [2.05, 4.69) is 10.6 Å². The van der Waals surface area contributed by atoms with Crippen LogP contribution in [0.2, 0.25) is 0 Å².